The molecule has 33 heavy (non-hydrogen) atoms. The van der Waals surface area contributed by atoms with Crippen molar-refractivity contribution in [1.29, 1.82) is 0 Å². The first-order chi connectivity index (χ1) is 16.1. The predicted octanol–water partition coefficient (Wildman–Crippen LogP) is 3.27. The van der Waals surface area contributed by atoms with Gasteiger partial charge in [-0.25, -0.2) is 0 Å². The smallest absolute Gasteiger partial charge is 0.227 e. The molecule has 2 aromatic heterocycles. The number of hydrogen-bond acceptors (Lipinski definition) is 4. The van der Waals surface area contributed by atoms with E-state index in [4.69, 9.17) is 0 Å². The van der Waals surface area contributed by atoms with E-state index < -0.39 is 0 Å². The molecular weight excluding hydrogens is 414 g/mol. The van der Waals surface area contributed by atoms with Gasteiger partial charge in [0.25, 0.3) is 0 Å². The minimum Gasteiger partial charge on any atom is -0.341 e. The topological polar surface area (TPSA) is 71.3 Å². The zero-order chi connectivity index (χ0) is 23.0. The van der Waals surface area contributed by atoms with Gasteiger partial charge in [-0.05, 0) is 47.7 Å². The SMILES string of the molecule is CCCN1CCN(C(=O)CCn2cccn2)CC(Cc2ccc(-c3ccncc3)cc2)C1=O. The molecule has 2 amide bonds. The van der Waals surface area contributed by atoms with Crippen LogP contribution in [0.5, 0.6) is 0 Å². The number of nitrogens with zero attached hydrogens (tertiary/aromatic N) is 5. The van der Waals surface area contributed by atoms with Gasteiger partial charge in [-0.2, -0.15) is 5.10 Å². The first kappa shape index (κ1) is 22.7. The molecule has 1 aliphatic heterocycles. The number of aryl methyl sites for hydroxylation is 1. The highest BCUT2D eigenvalue weighted by atomic mass is 16.2. The lowest BCUT2D eigenvalue weighted by Crippen LogP contribution is -2.38. The highest BCUT2D eigenvalue weighted by Crippen LogP contribution is 2.22. The summed E-state index contributed by atoms with van der Waals surface area (Å²) in [6.45, 7) is 5.00. The van der Waals surface area contributed by atoms with Crippen molar-refractivity contribution in [2.75, 3.05) is 26.2 Å². The zero-order valence-electron chi connectivity index (χ0n) is 19.1. The molecular formula is C26H31N5O2. The molecule has 0 saturated carbocycles. The van der Waals surface area contributed by atoms with Gasteiger partial charge in [0.05, 0.1) is 5.92 Å². The van der Waals surface area contributed by atoms with Crippen molar-refractivity contribution < 1.29 is 9.59 Å². The van der Waals surface area contributed by atoms with E-state index in [9.17, 15) is 9.59 Å². The second-order valence-corrected chi connectivity index (χ2v) is 8.52. The van der Waals surface area contributed by atoms with Gasteiger partial charge < -0.3 is 9.80 Å². The molecule has 0 spiro atoms. The molecule has 1 unspecified atom stereocenters. The largest absolute Gasteiger partial charge is 0.341 e. The van der Waals surface area contributed by atoms with Crippen molar-refractivity contribution >= 4 is 11.8 Å². The van der Waals surface area contributed by atoms with E-state index in [1.54, 1.807) is 23.3 Å². The Morgan fingerprint density at radius 1 is 1.00 bits per heavy atom. The summed E-state index contributed by atoms with van der Waals surface area (Å²) in [5.41, 5.74) is 3.34. The van der Waals surface area contributed by atoms with Crippen LogP contribution in [0.2, 0.25) is 0 Å². The van der Waals surface area contributed by atoms with Gasteiger partial charge in [0.2, 0.25) is 11.8 Å². The van der Waals surface area contributed by atoms with Gasteiger partial charge in [-0.1, -0.05) is 31.2 Å². The van der Waals surface area contributed by atoms with Crippen LogP contribution in [0, 0.1) is 5.92 Å². The fraction of sp³-hybridized carbons (Fsp3) is 0.385. The van der Waals surface area contributed by atoms with E-state index in [0.717, 1.165) is 29.7 Å². The monoisotopic (exact) mass is 445 g/mol. The minimum absolute atomic E-state index is 0.0784. The minimum atomic E-state index is -0.237. The lowest BCUT2D eigenvalue weighted by molar-refractivity contribution is -0.135. The molecule has 7 heteroatoms. The van der Waals surface area contributed by atoms with Crippen LogP contribution in [0.4, 0.5) is 0 Å². The molecule has 3 heterocycles. The van der Waals surface area contributed by atoms with E-state index >= 15 is 0 Å². The fourth-order valence-corrected chi connectivity index (χ4v) is 4.38. The summed E-state index contributed by atoms with van der Waals surface area (Å²) in [7, 11) is 0. The Kier molecular flexibility index (Phi) is 7.50. The third kappa shape index (κ3) is 5.86. The highest BCUT2D eigenvalue weighted by molar-refractivity contribution is 5.82. The van der Waals surface area contributed by atoms with Crippen molar-refractivity contribution in [3.63, 3.8) is 0 Å². The highest BCUT2D eigenvalue weighted by Gasteiger charge is 2.31. The number of rotatable bonds is 8. The Balaban J connectivity index is 1.46. The van der Waals surface area contributed by atoms with Crippen molar-refractivity contribution in [2.45, 2.75) is 32.7 Å². The van der Waals surface area contributed by atoms with E-state index in [2.05, 4.69) is 41.3 Å². The van der Waals surface area contributed by atoms with Crippen molar-refractivity contribution in [2.24, 2.45) is 5.92 Å². The van der Waals surface area contributed by atoms with Gasteiger partial charge in [0.15, 0.2) is 0 Å². The molecule has 0 aliphatic carbocycles. The fourth-order valence-electron chi connectivity index (χ4n) is 4.38. The molecule has 0 bridgehead atoms. The number of aromatic nitrogens is 3. The molecule has 1 atom stereocenters. The first-order valence-corrected chi connectivity index (χ1v) is 11.7. The van der Waals surface area contributed by atoms with Crippen LogP contribution in [-0.2, 0) is 22.6 Å². The van der Waals surface area contributed by atoms with Gasteiger partial charge >= 0.3 is 0 Å². The molecule has 1 aliphatic rings. The van der Waals surface area contributed by atoms with Crippen LogP contribution in [0.1, 0.15) is 25.3 Å². The Bertz CT molecular complexity index is 1030. The maximum Gasteiger partial charge on any atom is 0.227 e. The first-order valence-electron chi connectivity index (χ1n) is 11.7. The molecule has 3 aromatic rings. The third-order valence-electron chi connectivity index (χ3n) is 6.15. The number of amides is 2. The predicted molar refractivity (Wildman–Crippen MR) is 127 cm³/mol. The Morgan fingerprint density at radius 3 is 2.45 bits per heavy atom. The summed E-state index contributed by atoms with van der Waals surface area (Å²) < 4.78 is 1.77. The number of hydrogen-bond donors (Lipinski definition) is 0. The Morgan fingerprint density at radius 2 is 1.76 bits per heavy atom. The van der Waals surface area contributed by atoms with Crippen molar-refractivity contribution in [3.8, 4) is 11.1 Å². The van der Waals surface area contributed by atoms with E-state index in [0.29, 0.717) is 39.0 Å². The van der Waals surface area contributed by atoms with E-state index in [1.165, 1.54) is 0 Å². The maximum absolute atomic E-state index is 13.3. The van der Waals surface area contributed by atoms with Crippen LogP contribution in [0.3, 0.4) is 0 Å². The van der Waals surface area contributed by atoms with Gasteiger partial charge in [-0.3, -0.25) is 19.3 Å². The van der Waals surface area contributed by atoms with Crippen molar-refractivity contribution in [3.05, 3.63) is 72.8 Å². The lowest BCUT2D eigenvalue weighted by Gasteiger charge is -2.24. The Hall–Kier alpha value is -3.48. The molecule has 0 N–H and O–H groups in total. The quantitative estimate of drug-likeness (QED) is 0.534. The molecule has 7 nitrogen and oxygen atoms in total. The summed E-state index contributed by atoms with van der Waals surface area (Å²) in [6.07, 6.45) is 9.07. The molecule has 1 fully saturated rings. The average molecular weight is 446 g/mol. The maximum atomic E-state index is 13.3. The van der Waals surface area contributed by atoms with Crippen molar-refractivity contribution in [1.82, 2.24) is 24.6 Å². The average Bonchev–Trinajstić information content (AvgIpc) is 3.33. The third-order valence-corrected chi connectivity index (χ3v) is 6.15. The van der Waals surface area contributed by atoms with Crippen LogP contribution in [0.15, 0.2) is 67.3 Å². The van der Waals surface area contributed by atoms with E-state index in [-0.39, 0.29) is 17.7 Å². The Labute approximate surface area is 195 Å². The normalized spacial score (nSPS) is 16.6. The standard InChI is InChI=1S/C26H31N5O2/c1-2-14-29-17-18-30(25(32)10-16-31-15-3-11-28-31)20-24(26(29)33)19-21-4-6-22(7-5-21)23-8-12-27-13-9-23/h3-9,11-13,15,24H,2,10,14,16-20H2,1H3. The van der Waals surface area contributed by atoms with Gasteiger partial charge in [-0.15, -0.1) is 0 Å². The van der Waals surface area contributed by atoms with Gasteiger partial charge in [0.1, 0.15) is 0 Å². The summed E-state index contributed by atoms with van der Waals surface area (Å²) >= 11 is 0. The summed E-state index contributed by atoms with van der Waals surface area (Å²) in [4.78, 5) is 34.1. The summed E-state index contributed by atoms with van der Waals surface area (Å²) in [5.74, 6) is -0.00778. The molecule has 1 aromatic carbocycles. The second-order valence-electron chi connectivity index (χ2n) is 8.52. The molecule has 4 rings (SSSR count). The zero-order valence-corrected chi connectivity index (χ0v) is 19.1. The second kappa shape index (κ2) is 10.9. The lowest BCUT2D eigenvalue weighted by atomic mass is 9.95. The summed E-state index contributed by atoms with van der Waals surface area (Å²) in [6, 6.07) is 14.2. The van der Waals surface area contributed by atoms with Gasteiger partial charge in [0, 0.05) is 63.9 Å². The number of carbonyl (C=O) groups is 2. The molecule has 0 radical (unpaired) electrons. The summed E-state index contributed by atoms with van der Waals surface area (Å²) in [5, 5.41) is 4.18. The van der Waals surface area contributed by atoms with Crippen LogP contribution >= 0.6 is 0 Å². The number of benzene rings is 1. The van der Waals surface area contributed by atoms with E-state index in [1.807, 2.05) is 34.2 Å². The number of pyridine rings is 1. The van der Waals surface area contributed by atoms with Crippen LogP contribution in [0.25, 0.3) is 11.1 Å². The number of carbonyl (C=O) groups excluding carboxylic acids is 2. The molecule has 172 valence electrons. The van der Waals surface area contributed by atoms with Crippen LogP contribution < -0.4 is 0 Å². The van der Waals surface area contributed by atoms with Crippen LogP contribution in [-0.4, -0.2) is 62.6 Å². The molecule has 1 saturated heterocycles.